The molecule has 0 radical (unpaired) electrons. The number of rotatable bonds is 11. The van der Waals surface area contributed by atoms with Crippen LogP contribution in [0.5, 0.6) is 11.5 Å². The quantitative estimate of drug-likeness (QED) is 0.227. The highest BCUT2D eigenvalue weighted by atomic mass is 79.9. The Morgan fingerprint density at radius 1 is 0.949 bits per heavy atom. The van der Waals surface area contributed by atoms with Gasteiger partial charge in [0.1, 0.15) is 36.0 Å². The molecule has 0 spiro atoms. The molecule has 1 saturated carbocycles. The fourth-order valence-corrected chi connectivity index (χ4v) is 5.19. The number of hydrogen-bond acceptors (Lipinski definition) is 9. The minimum Gasteiger partial charge on any atom is -0.497 e. The number of benzene rings is 2. The van der Waals surface area contributed by atoms with E-state index < -0.39 is 41.3 Å². The van der Waals surface area contributed by atoms with Crippen LogP contribution in [-0.4, -0.2) is 61.3 Å². The van der Waals surface area contributed by atoms with Crippen LogP contribution in [0.15, 0.2) is 60.8 Å². The fourth-order valence-electron chi connectivity index (χ4n) is 4.50. The minimum absolute atomic E-state index is 0.0469. The van der Waals surface area contributed by atoms with Gasteiger partial charge in [0, 0.05) is 6.20 Å². The summed E-state index contributed by atoms with van der Waals surface area (Å²) < 4.78 is 28.7. The maximum absolute atomic E-state index is 13.2. The molecule has 10 heteroatoms. The van der Waals surface area contributed by atoms with Crippen molar-refractivity contribution in [2.45, 2.75) is 55.6 Å². The first kappa shape index (κ1) is 28.6. The smallest absolute Gasteiger partial charge is 0.338 e. The van der Waals surface area contributed by atoms with Crippen molar-refractivity contribution in [1.29, 1.82) is 0 Å². The number of nitrogens with one attached hydrogen (secondary N) is 1. The van der Waals surface area contributed by atoms with Crippen LogP contribution in [0.3, 0.4) is 0 Å². The van der Waals surface area contributed by atoms with Crippen LogP contribution in [0.2, 0.25) is 0 Å². The van der Waals surface area contributed by atoms with Crippen molar-refractivity contribution >= 4 is 33.7 Å². The largest absolute Gasteiger partial charge is 0.497 e. The first-order valence-electron chi connectivity index (χ1n) is 12.7. The molecule has 1 aliphatic heterocycles. The number of carbonyl (C=O) groups is 3. The molecular weight excluding hydrogens is 570 g/mol. The van der Waals surface area contributed by atoms with Crippen molar-refractivity contribution in [3.63, 3.8) is 0 Å². The highest BCUT2D eigenvalue weighted by molar-refractivity contribution is 9.09. The van der Waals surface area contributed by atoms with Gasteiger partial charge in [-0.1, -0.05) is 22.4 Å². The molecule has 2 aromatic rings. The van der Waals surface area contributed by atoms with Gasteiger partial charge in [0.2, 0.25) is 0 Å². The summed E-state index contributed by atoms with van der Waals surface area (Å²) >= 11 is 3.63. The Morgan fingerprint density at radius 3 is 2.00 bits per heavy atom. The van der Waals surface area contributed by atoms with E-state index in [1.807, 2.05) is 0 Å². The van der Waals surface area contributed by atoms with E-state index in [1.54, 1.807) is 62.8 Å². The molecule has 2 fully saturated rings. The molecule has 0 amide bonds. The van der Waals surface area contributed by atoms with Gasteiger partial charge in [0.15, 0.2) is 5.78 Å². The summed E-state index contributed by atoms with van der Waals surface area (Å²) in [5, 5.41) is 3.05. The Labute approximate surface area is 235 Å². The molecule has 208 valence electrons. The Kier molecular flexibility index (Phi) is 9.63. The standard InChI is InChI=1S/C29H32BrNO8/c1-17(32)15-16-31-27-23(30)25(39-29(34)20-9-13-22(36-3)14-10-20)26(37-27)24(18-5-4-6-18)38-28(33)19-7-11-21(35-2)12-8-19/h7-16,18,23-27,31H,4-6H2,1-3H3/b16-15-/t23-,24?,25-,26+,27+/m0/s1. The van der Waals surface area contributed by atoms with Crippen molar-refractivity contribution < 1.29 is 38.1 Å². The van der Waals surface area contributed by atoms with Gasteiger partial charge in [-0.15, -0.1) is 0 Å². The second-order valence-corrected chi connectivity index (χ2v) is 10.5. The molecule has 0 bridgehead atoms. The molecule has 0 aromatic heterocycles. The Balaban J connectivity index is 1.58. The van der Waals surface area contributed by atoms with Crippen LogP contribution in [-0.2, 0) is 19.0 Å². The van der Waals surface area contributed by atoms with Crippen molar-refractivity contribution in [3.05, 3.63) is 71.9 Å². The lowest BCUT2D eigenvalue weighted by molar-refractivity contribution is -0.113. The fraction of sp³-hybridized carbons (Fsp3) is 0.414. The second kappa shape index (κ2) is 13.1. The number of ether oxygens (including phenoxy) is 5. The van der Waals surface area contributed by atoms with Crippen LogP contribution in [0.4, 0.5) is 0 Å². The van der Waals surface area contributed by atoms with Gasteiger partial charge in [0.05, 0.1) is 30.2 Å². The SMILES string of the molecule is COc1ccc(C(=O)OC(C2CCC2)[C@H]2O[C@@H](N/C=C\C(C)=O)[C@@H](Br)[C@@H]2OC(=O)c2ccc(OC)cc2)cc1. The molecule has 1 saturated heterocycles. The molecule has 1 unspecified atom stereocenters. The highest BCUT2D eigenvalue weighted by Crippen LogP contribution is 2.40. The Morgan fingerprint density at radius 2 is 1.51 bits per heavy atom. The molecule has 1 heterocycles. The van der Waals surface area contributed by atoms with E-state index in [9.17, 15) is 14.4 Å². The van der Waals surface area contributed by atoms with E-state index in [-0.39, 0.29) is 11.7 Å². The van der Waals surface area contributed by atoms with Gasteiger partial charge < -0.3 is 29.0 Å². The van der Waals surface area contributed by atoms with Crippen LogP contribution < -0.4 is 14.8 Å². The lowest BCUT2D eigenvalue weighted by Gasteiger charge is -2.37. The average molecular weight is 602 g/mol. The van der Waals surface area contributed by atoms with Crippen molar-refractivity contribution in [1.82, 2.24) is 5.32 Å². The third-order valence-electron chi connectivity index (χ3n) is 6.89. The Hall–Kier alpha value is -3.37. The third-order valence-corrected chi connectivity index (χ3v) is 7.89. The molecule has 2 aliphatic rings. The predicted molar refractivity (Wildman–Crippen MR) is 146 cm³/mol. The normalized spacial score (nSPS) is 23.5. The van der Waals surface area contributed by atoms with Gasteiger partial charge >= 0.3 is 11.9 Å². The monoisotopic (exact) mass is 601 g/mol. The molecule has 2 aromatic carbocycles. The van der Waals surface area contributed by atoms with Gasteiger partial charge in [-0.3, -0.25) is 4.79 Å². The van der Waals surface area contributed by atoms with Crippen molar-refractivity contribution in [2.75, 3.05) is 14.2 Å². The van der Waals surface area contributed by atoms with E-state index in [4.69, 9.17) is 23.7 Å². The zero-order chi connectivity index (χ0) is 27.9. The number of hydrogen-bond donors (Lipinski definition) is 1. The summed E-state index contributed by atoms with van der Waals surface area (Å²) in [7, 11) is 3.10. The molecule has 9 nitrogen and oxygen atoms in total. The number of halogens is 1. The molecule has 5 atom stereocenters. The Bertz CT molecular complexity index is 1180. The van der Waals surface area contributed by atoms with Gasteiger partial charge in [-0.05, 0) is 80.3 Å². The van der Waals surface area contributed by atoms with Crippen LogP contribution in [0.1, 0.15) is 46.9 Å². The summed E-state index contributed by atoms with van der Waals surface area (Å²) in [6, 6.07) is 13.2. The first-order valence-corrected chi connectivity index (χ1v) is 13.6. The predicted octanol–water partition coefficient (Wildman–Crippen LogP) is 4.44. The molecule has 39 heavy (non-hydrogen) atoms. The summed E-state index contributed by atoms with van der Waals surface area (Å²) in [6.07, 6.45) is 2.72. The van der Waals surface area contributed by atoms with Crippen LogP contribution in [0, 0.1) is 5.92 Å². The maximum atomic E-state index is 13.2. The summed E-state index contributed by atoms with van der Waals surface area (Å²) in [5.74, 6) is 0.106. The van der Waals surface area contributed by atoms with Gasteiger partial charge in [-0.25, -0.2) is 9.59 Å². The molecule has 4 rings (SSSR count). The highest BCUT2D eigenvalue weighted by Gasteiger charge is 2.53. The lowest BCUT2D eigenvalue weighted by atomic mass is 9.78. The topological polar surface area (TPSA) is 109 Å². The third kappa shape index (κ3) is 6.99. The number of esters is 2. The zero-order valence-electron chi connectivity index (χ0n) is 22.0. The number of allylic oxidation sites excluding steroid dienone is 1. The lowest BCUT2D eigenvalue weighted by Crippen LogP contribution is -2.47. The van der Waals surface area contributed by atoms with Crippen molar-refractivity contribution in [3.8, 4) is 11.5 Å². The maximum Gasteiger partial charge on any atom is 0.338 e. The minimum atomic E-state index is -0.794. The van der Waals surface area contributed by atoms with E-state index in [0.29, 0.717) is 22.6 Å². The van der Waals surface area contributed by atoms with Crippen LogP contribution >= 0.6 is 15.9 Å². The van der Waals surface area contributed by atoms with E-state index in [1.165, 1.54) is 19.2 Å². The zero-order valence-corrected chi connectivity index (χ0v) is 23.6. The molecule has 1 N–H and O–H groups in total. The number of alkyl halides is 1. The second-order valence-electron chi connectivity index (χ2n) is 9.46. The number of carbonyl (C=O) groups excluding carboxylic acids is 3. The summed E-state index contributed by atoms with van der Waals surface area (Å²) in [5.41, 5.74) is 0.719. The van der Waals surface area contributed by atoms with E-state index in [2.05, 4.69) is 21.2 Å². The van der Waals surface area contributed by atoms with E-state index in [0.717, 1.165) is 19.3 Å². The first-order chi connectivity index (χ1) is 18.8. The van der Waals surface area contributed by atoms with Gasteiger partial charge in [-0.2, -0.15) is 0 Å². The van der Waals surface area contributed by atoms with E-state index >= 15 is 0 Å². The molecule has 1 aliphatic carbocycles. The summed E-state index contributed by atoms with van der Waals surface area (Å²) in [6.45, 7) is 1.44. The molecular formula is C29H32BrNO8. The van der Waals surface area contributed by atoms with Crippen molar-refractivity contribution in [2.24, 2.45) is 5.92 Å². The number of methoxy groups -OCH3 is 2. The number of ketones is 1. The summed E-state index contributed by atoms with van der Waals surface area (Å²) in [4.78, 5) is 37.2. The van der Waals surface area contributed by atoms with Gasteiger partial charge in [0.25, 0.3) is 0 Å². The average Bonchev–Trinajstić information content (AvgIpc) is 3.21. The van der Waals surface area contributed by atoms with Crippen LogP contribution in [0.25, 0.3) is 0 Å².